The van der Waals surface area contributed by atoms with Crippen LogP contribution in [0.25, 0.3) is 21.2 Å². The summed E-state index contributed by atoms with van der Waals surface area (Å²) in [6.07, 6.45) is 2.19. The Morgan fingerprint density at radius 2 is 1.93 bits per heavy atom. The molecule has 4 nitrogen and oxygen atoms in total. The number of nitrogens with zero attached hydrogens (tertiary/aromatic N) is 1. The van der Waals surface area contributed by atoms with Gasteiger partial charge in [-0.25, -0.2) is 4.39 Å². The Balaban J connectivity index is 1.52. The number of benzene rings is 2. The Labute approximate surface area is 167 Å². The fraction of sp³-hybridized carbons (Fsp3) is 0.273. The van der Waals surface area contributed by atoms with Crippen LogP contribution < -0.4 is 10.6 Å². The molecule has 0 aliphatic carbocycles. The van der Waals surface area contributed by atoms with E-state index in [0.29, 0.717) is 22.9 Å². The lowest BCUT2D eigenvalue weighted by Gasteiger charge is -2.22. The number of nitrogens with one attached hydrogen (secondary N) is 2. The Morgan fingerprint density at radius 1 is 1.18 bits per heavy atom. The van der Waals surface area contributed by atoms with Crippen LogP contribution in [0.1, 0.15) is 28.1 Å². The molecule has 1 fully saturated rings. The van der Waals surface area contributed by atoms with E-state index in [4.69, 9.17) is 5.26 Å². The second-order valence-electron chi connectivity index (χ2n) is 7.07. The lowest BCUT2D eigenvalue weighted by atomic mass is 9.98. The first-order valence-electron chi connectivity index (χ1n) is 9.36. The van der Waals surface area contributed by atoms with Gasteiger partial charge in [0.15, 0.2) is 0 Å². The quantitative estimate of drug-likeness (QED) is 0.694. The largest absolute Gasteiger partial charge is 0.351 e. The van der Waals surface area contributed by atoms with Crippen molar-refractivity contribution < 1.29 is 9.18 Å². The number of nitriles is 1. The zero-order chi connectivity index (χ0) is 19.5. The number of fused-ring (bicyclic) bond motifs is 1. The van der Waals surface area contributed by atoms with Crippen LogP contribution in [-0.2, 0) is 0 Å². The van der Waals surface area contributed by atoms with Gasteiger partial charge in [0.05, 0.1) is 10.4 Å². The number of piperidine rings is 1. The van der Waals surface area contributed by atoms with E-state index in [2.05, 4.69) is 10.6 Å². The van der Waals surface area contributed by atoms with E-state index in [1.807, 2.05) is 30.3 Å². The Kier molecular flexibility index (Phi) is 5.38. The molecule has 0 spiro atoms. The maximum absolute atomic E-state index is 13.9. The van der Waals surface area contributed by atoms with Gasteiger partial charge in [-0.05, 0) is 72.6 Å². The highest BCUT2D eigenvalue weighted by Crippen LogP contribution is 2.31. The Hall–Kier alpha value is -2.75. The molecular formula is C22H20FN3OS. The molecule has 142 valence electrons. The molecule has 1 aliphatic heterocycles. The molecule has 0 unspecified atom stereocenters. The molecule has 1 saturated heterocycles. The number of carbonyl (C=O) groups excluding carboxylic acids is 1. The predicted molar refractivity (Wildman–Crippen MR) is 110 cm³/mol. The van der Waals surface area contributed by atoms with Gasteiger partial charge in [0.25, 0.3) is 5.91 Å². The average Bonchev–Trinajstić information content (AvgIpc) is 3.16. The van der Waals surface area contributed by atoms with Gasteiger partial charge in [0, 0.05) is 11.2 Å². The minimum absolute atomic E-state index is 0.0358. The molecule has 6 heteroatoms. The minimum Gasteiger partial charge on any atom is -0.351 e. The average molecular weight is 393 g/mol. The summed E-state index contributed by atoms with van der Waals surface area (Å²) in [5.41, 5.74) is 1.61. The van der Waals surface area contributed by atoms with Gasteiger partial charge in [-0.15, -0.1) is 11.3 Å². The maximum Gasteiger partial charge on any atom is 0.261 e. The van der Waals surface area contributed by atoms with Crippen molar-refractivity contribution in [3.63, 3.8) is 0 Å². The zero-order valence-electron chi connectivity index (χ0n) is 15.3. The van der Waals surface area contributed by atoms with Gasteiger partial charge in [0.2, 0.25) is 0 Å². The molecule has 28 heavy (non-hydrogen) atoms. The van der Waals surface area contributed by atoms with Crippen LogP contribution in [0, 0.1) is 23.1 Å². The number of hydrogen-bond donors (Lipinski definition) is 2. The second-order valence-corrected chi connectivity index (χ2v) is 8.16. The summed E-state index contributed by atoms with van der Waals surface area (Å²) in [6.45, 7) is 2.74. The molecule has 2 N–H and O–H groups in total. The fourth-order valence-corrected chi connectivity index (χ4v) is 4.54. The Bertz CT molecular complexity index is 1060. The van der Waals surface area contributed by atoms with Crippen LogP contribution in [-0.4, -0.2) is 25.5 Å². The van der Waals surface area contributed by atoms with E-state index in [9.17, 15) is 9.18 Å². The first-order chi connectivity index (χ1) is 13.6. The van der Waals surface area contributed by atoms with Gasteiger partial charge in [-0.2, -0.15) is 5.26 Å². The highest BCUT2D eigenvalue weighted by atomic mass is 32.1. The van der Waals surface area contributed by atoms with Gasteiger partial charge >= 0.3 is 0 Å². The summed E-state index contributed by atoms with van der Waals surface area (Å²) in [5, 5.41) is 16.3. The van der Waals surface area contributed by atoms with Crippen LogP contribution in [0.3, 0.4) is 0 Å². The highest BCUT2D eigenvalue weighted by Gasteiger charge is 2.16. The highest BCUT2D eigenvalue weighted by molar-refractivity contribution is 7.20. The van der Waals surface area contributed by atoms with E-state index in [1.54, 1.807) is 6.07 Å². The van der Waals surface area contributed by atoms with Crippen molar-refractivity contribution in [3.05, 3.63) is 58.7 Å². The molecular weight excluding hydrogens is 373 g/mol. The van der Waals surface area contributed by atoms with Crippen LogP contribution >= 0.6 is 11.3 Å². The molecule has 1 aliphatic rings. The number of halogens is 1. The van der Waals surface area contributed by atoms with Gasteiger partial charge in [0.1, 0.15) is 11.9 Å². The molecule has 0 bridgehead atoms. The summed E-state index contributed by atoms with van der Waals surface area (Å²) < 4.78 is 14.9. The third-order valence-electron chi connectivity index (χ3n) is 5.18. The molecule has 2 aromatic carbocycles. The molecule has 3 aromatic rings. The topological polar surface area (TPSA) is 64.9 Å². The third kappa shape index (κ3) is 3.91. The molecule has 0 saturated carbocycles. The van der Waals surface area contributed by atoms with E-state index in [1.165, 1.54) is 23.5 Å². The standard InChI is InChI=1S/C22H20FN3OS/c23-19-9-15(2-4-18(19)12-24)16-1-3-17-11-21(28-20(17)10-16)22(27)26-13-14-5-7-25-8-6-14/h1-4,9-11,14,25H,5-8,13H2,(H,26,27). The van der Waals surface area contributed by atoms with Crippen molar-refractivity contribution >= 4 is 27.3 Å². The van der Waals surface area contributed by atoms with Gasteiger partial charge in [-0.1, -0.05) is 18.2 Å². The van der Waals surface area contributed by atoms with Crippen molar-refractivity contribution in [1.82, 2.24) is 10.6 Å². The molecule has 0 atom stereocenters. The monoisotopic (exact) mass is 393 g/mol. The minimum atomic E-state index is -0.524. The van der Waals surface area contributed by atoms with Crippen molar-refractivity contribution in [3.8, 4) is 17.2 Å². The number of carbonyl (C=O) groups is 1. The van der Waals surface area contributed by atoms with Crippen molar-refractivity contribution in [2.75, 3.05) is 19.6 Å². The molecule has 4 rings (SSSR count). The predicted octanol–water partition coefficient (Wildman–Crippen LogP) is 4.31. The number of hydrogen-bond acceptors (Lipinski definition) is 4. The first kappa shape index (κ1) is 18.6. The third-order valence-corrected chi connectivity index (χ3v) is 6.27. The summed E-state index contributed by atoms with van der Waals surface area (Å²) >= 11 is 1.44. The first-order valence-corrected chi connectivity index (χ1v) is 10.2. The van der Waals surface area contributed by atoms with Crippen molar-refractivity contribution in [2.24, 2.45) is 5.92 Å². The van der Waals surface area contributed by atoms with Crippen molar-refractivity contribution in [1.29, 1.82) is 5.26 Å². The van der Waals surface area contributed by atoms with E-state index < -0.39 is 5.82 Å². The lowest BCUT2D eigenvalue weighted by Crippen LogP contribution is -2.35. The smallest absolute Gasteiger partial charge is 0.261 e. The normalized spacial score (nSPS) is 14.7. The number of rotatable bonds is 4. The van der Waals surface area contributed by atoms with Crippen LogP contribution in [0.15, 0.2) is 42.5 Å². The lowest BCUT2D eigenvalue weighted by molar-refractivity contribution is 0.0948. The Morgan fingerprint density at radius 3 is 2.68 bits per heavy atom. The van der Waals surface area contributed by atoms with E-state index in [0.717, 1.165) is 41.6 Å². The molecule has 1 amide bonds. The summed E-state index contributed by atoms with van der Waals surface area (Å²) in [5.74, 6) is -0.0209. The summed E-state index contributed by atoms with van der Waals surface area (Å²) in [7, 11) is 0. The van der Waals surface area contributed by atoms with E-state index >= 15 is 0 Å². The van der Waals surface area contributed by atoms with Crippen LogP contribution in [0.4, 0.5) is 4.39 Å². The van der Waals surface area contributed by atoms with E-state index in [-0.39, 0.29) is 11.5 Å². The molecule has 0 radical (unpaired) electrons. The van der Waals surface area contributed by atoms with Gasteiger partial charge < -0.3 is 10.6 Å². The SMILES string of the molecule is N#Cc1ccc(-c2ccc3cc(C(=O)NCC4CCNCC4)sc3c2)cc1F. The zero-order valence-corrected chi connectivity index (χ0v) is 16.1. The number of thiophene rings is 1. The fourth-order valence-electron chi connectivity index (χ4n) is 3.52. The van der Waals surface area contributed by atoms with Gasteiger partial charge in [-0.3, -0.25) is 4.79 Å². The van der Waals surface area contributed by atoms with Crippen LogP contribution in [0.5, 0.6) is 0 Å². The maximum atomic E-state index is 13.9. The molecule has 2 heterocycles. The summed E-state index contributed by atoms with van der Waals surface area (Å²) in [6, 6.07) is 14.2. The second kappa shape index (κ2) is 8.09. The number of amides is 1. The summed E-state index contributed by atoms with van der Waals surface area (Å²) in [4.78, 5) is 13.2. The van der Waals surface area contributed by atoms with Crippen LogP contribution in [0.2, 0.25) is 0 Å². The molecule has 1 aromatic heterocycles. The van der Waals surface area contributed by atoms with Crippen molar-refractivity contribution in [2.45, 2.75) is 12.8 Å².